The van der Waals surface area contributed by atoms with Crippen LogP contribution in [-0.4, -0.2) is 42.4 Å². The molecular formula is C40H44ClN3O4. The van der Waals surface area contributed by atoms with Gasteiger partial charge in [0.25, 0.3) is 5.91 Å². The first-order valence-electron chi connectivity index (χ1n) is 17.2. The number of hydrogen-bond acceptors (Lipinski definition) is 5. The fourth-order valence-corrected chi connectivity index (χ4v) is 6.85. The third kappa shape index (κ3) is 8.19. The number of carbonyl (C=O) groups is 2. The molecule has 1 unspecified atom stereocenters. The van der Waals surface area contributed by atoms with Gasteiger partial charge in [-0.05, 0) is 91.5 Å². The molecule has 2 fully saturated rings. The number of amides is 2. The molecule has 250 valence electrons. The number of nitrogens with one attached hydrogen (secondary N) is 1. The van der Waals surface area contributed by atoms with Crippen LogP contribution in [0, 0.1) is 0 Å². The number of benzene rings is 3. The summed E-state index contributed by atoms with van der Waals surface area (Å²) in [5.41, 5.74) is 6.03. The van der Waals surface area contributed by atoms with Gasteiger partial charge in [0.05, 0.1) is 5.39 Å². The highest BCUT2D eigenvalue weighted by atomic mass is 35.5. The molecule has 3 aromatic carbocycles. The lowest BCUT2D eigenvalue weighted by Crippen LogP contribution is -2.37. The van der Waals surface area contributed by atoms with E-state index in [1.807, 2.05) is 41.3 Å². The molecule has 3 heterocycles. The van der Waals surface area contributed by atoms with Crippen LogP contribution < -0.4 is 15.6 Å². The molecule has 8 heteroatoms. The summed E-state index contributed by atoms with van der Waals surface area (Å²) < 4.78 is 5.96. The third-order valence-electron chi connectivity index (χ3n) is 9.57. The number of anilines is 1. The molecule has 2 aliphatic heterocycles. The van der Waals surface area contributed by atoms with Crippen LogP contribution in [0.2, 0.25) is 5.02 Å². The van der Waals surface area contributed by atoms with Crippen LogP contribution in [0.3, 0.4) is 0 Å². The molecule has 48 heavy (non-hydrogen) atoms. The Morgan fingerprint density at radius 3 is 2.46 bits per heavy atom. The largest absolute Gasteiger partial charge is 0.451 e. The predicted octanol–water partition coefficient (Wildman–Crippen LogP) is 8.04. The van der Waals surface area contributed by atoms with Crippen molar-refractivity contribution >= 4 is 40.1 Å². The smallest absolute Gasteiger partial charge is 0.287 e. The third-order valence-corrected chi connectivity index (χ3v) is 9.82. The number of piperidine rings is 2. The first kappa shape index (κ1) is 33.5. The number of aryl methyl sites for hydroxylation is 1. The molecule has 7 nitrogen and oxygen atoms in total. The van der Waals surface area contributed by atoms with Crippen molar-refractivity contribution in [2.24, 2.45) is 0 Å². The monoisotopic (exact) mass is 665 g/mol. The van der Waals surface area contributed by atoms with Gasteiger partial charge in [-0.15, -0.1) is 0 Å². The molecule has 1 aromatic heterocycles. The number of fused-ring (bicyclic) bond motifs is 1. The van der Waals surface area contributed by atoms with Crippen molar-refractivity contribution < 1.29 is 14.0 Å². The van der Waals surface area contributed by atoms with E-state index in [1.54, 1.807) is 6.07 Å². The van der Waals surface area contributed by atoms with Gasteiger partial charge in [-0.2, -0.15) is 0 Å². The molecule has 6 rings (SSSR count). The fourth-order valence-electron chi connectivity index (χ4n) is 6.73. The second kappa shape index (κ2) is 15.2. The number of rotatable bonds is 10. The summed E-state index contributed by atoms with van der Waals surface area (Å²) >= 11 is 6.12. The molecule has 2 aliphatic rings. The van der Waals surface area contributed by atoms with Gasteiger partial charge in [-0.1, -0.05) is 73.5 Å². The minimum atomic E-state index is -0.404. The molecular weight excluding hydrogens is 622 g/mol. The standard InChI is InChI=1S/C40H44ClN3O4/c1-27(2)30-13-17-37-34(24-30)36(45)25-38(48-37)40(47)42-33(16-12-28-10-14-32(41)15-11-28)23-29-18-21-43(22-19-29)35-8-4-3-7-31(35)26-44-20-6-5-9-39(44)46/h3-4,7-8,10-11,13-15,17,23-25,27,33H,5-6,9,12,16,18-22,26H2,1-2H3,(H,42,47). The topological polar surface area (TPSA) is 82.9 Å². The van der Waals surface area contributed by atoms with E-state index in [0.29, 0.717) is 35.4 Å². The van der Waals surface area contributed by atoms with Crippen molar-refractivity contribution in [2.75, 3.05) is 24.5 Å². The van der Waals surface area contributed by atoms with E-state index in [2.05, 4.69) is 54.4 Å². The van der Waals surface area contributed by atoms with E-state index in [9.17, 15) is 14.4 Å². The first-order valence-corrected chi connectivity index (χ1v) is 17.5. The normalized spacial score (nSPS) is 16.0. The first-order chi connectivity index (χ1) is 23.2. The maximum atomic E-state index is 13.6. The Kier molecular flexibility index (Phi) is 10.7. The Labute approximate surface area is 287 Å². The Morgan fingerprint density at radius 1 is 0.938 bits per heavy atom. The molecule has 2 saturated heterocycles. The van der Waals surface area contributed by atoms with Gasteiger partial charge in [-0.3, -0.25) is 14.4 Å². The van der Waals surface area contributed by atoms with Crippen molar-refractivity contribution in [2.45, 2.75) is 77.3 Å². The Morgan fingerprint density at radius 2 is 1.71 bits per heavy atom. The minimum Gasteiger partial charge on any atom is -0.451 e. The van der Waals surface area contributed by atoms with E-state index >= 15 is 0 Å². The summed E-state index contributed by atoms with van der Waals surface area (Å²) in [4.78, 5) is 43.5. The van der Waals surface area contributed by atoms with Crippen LogP contribution in [-0.2, 0) is 17.8 Å². The molecule has 0 aliphatic carbocycles. The van der Waals surface area contributed by atoms with Crippen LogP contribution in [0.4, 0.5) is 5.69 Å². The van der Waals surface area contributed by atoms with E-state index in [0.717, 1.165) is 62.9 Å². The lowest BCUT2D eigenvalue weighted by molar-refractivity contribution is -0.133. The molecule has 2 amide bonds. The maximum absolute atomic E-state index is 13.6. The Balaban J connectivity index is 1.17. The molecule has 0 radical (unpaired) electrons. The fraction of sp³-hybridized carbons (Fsp3) is 0.375. The van der Waals surface area contributed by atoms with E-state index < -0.39 is 5.91 Å². The maximum Gasteiger partial charge on any atom is 0.287 e. The highest BCUT2D eigenvalue weighted by Gasteiger charge is 2.23. The number of halogens is 1. The van der Waals surface area contributed by atoms with Crippen molar-refractivity contribution in [3.63, 3.8) is 0 Å². The second-order valence-corrected chi connectivity index (χ2v) is 13.8. The van der Waals surface area contributed by atoms with Gasteiger partial charge in [0.2, 0.25) is 5.91 Å². The number of carbonyl (C=O) groups excluding carboxylic acids is 2. The molecule has 4 aromatic rings. The summed E-state index contributed by atoms with van der Waals surface area (Å²) in [6.07, 6.45) is 8.05. The molecule has 1 N–H and O–H groups in total. The van der Waals surface area contributed by atoms with Crippen LogP contribution in [0.15, 0.2) is 93.7 Å². The van der Waals surface area contributed by atoms with Gasteiger partial charge in [0, 0.05) is 55.4 Å². The summed E-state index contributed by atoms with van der Waals surface area (Å²) in [6.45, 7) is 7.33. The van der Waals surface area contributed by atoms with Gasteiger partial charge < -0.3 is 19.5 Å². The Bertz CT molecular complexity index is 1850. The number of hydrogen-bond donors (Lipinski definition) is 1. The molecule has 0 saturated carbocycles. The zero-order chi connectivity index (χ0) is 33.6. The lowest BCUT2D eigenvalue weighted by atomic mass is 9.97. The highest BCUT2D eigenvalue weighted by molar-refractivity contribution is 6.30. The van der Waals surface area contributed by atoms with Crippen LogP contribution >= 0.6 is 11.6 Å². The number of para-hydroxylation sites is 1. The van der Waals surface area contributed by atoms with Crippen LogP contribution in [0.1, 0.15) is 85.5 Å². The SMILES string of the molecule is CC(C)c1ccc2oc(C(=O)NC(C=C3CCN(c4ccccc4CN4CCCCC4=O)CC3)CCc3ccc(Cl)cc3)cc(=O)c2c1. The average Bonchev–Trinajstić information content (AvgIpc) is 3.09. The quantitative estimate of drug-likeness (QED) is 0.173. The van der Waals surface area contributed by atoms with E-state index in [-0.39, 0.29) is 29.1 Å². The van der Waals surface area contributed by atoms with Gasteiger partial charge in [0.15, 0.2) is 11.2 Å². The average molecular weight is 666 g/mol. The summed E-state index contributed by atoms with van der Waals surface area (Å²) in [5, 5.41) is 4.33. The minimum absolute atomic E-state index is 0.0123. The number of nitrogens with zero attached hydrogens (tertiary/aromatic N) is 2. The molecule has 1 atom stereocenters. The van der Waals surface area contributed by atoms with E-state index in [1.165, 1.54) is 22.9 Å². The van der Waals surface area contributed by atoms with Gasteiger partial charge in [0.1, 0.15) is 5.58 Å². The van der Waals surface area contributed by atoms with Gasteiger partial charge >= 0.3 is 0 Å². The van der Waals surface area contributed by atoms with Crippen LogP contribution in [0.5, 0.6) is 0 Å². The molecule has 0 spiro atoms. The summed E-state index contributed by atoms with van der Waals surface area (Å²) in [6, 6.07) is 22.8. The van der Waals surface area contributed by atoms with E-state index in [4.69, 9.17) is 16.0 Å². The van der Waals surface area contributed by atoms with Crippen molar-refractivity contribution in [1.29, 1.82) is 0 Å². The van der Waals surface area contributed by atoms with Crippen molar-refractivity contribution in [3.8, 4) is 0 Å². The van der Waals surface area contributed by atoms with Crippen molar-refractivity contribution in [3.05, 3.63) is 122 Å². The predicted molar refractivity (Wildman–Crippen MR) is 193 cm³/mol. The zero-order valence-corrected chi connectivity index (χ0v) is 28.6. The molecule has 0 bridgehead atoms. The second-order valence-electron chi connectivity index (χ2n) is 13.3. The van der Waals surface area contributed by atoms with Crippen LogP contribution in [0.25, 0.3) is 11.0 Å². The lowest BCUT2D eigenvalue weighted by Gasteiger charge is -2.34. The Hall–Kier alpha value is -4.36. The van der Waals surface area contributed by atoms with Crippen molar-refractivity contribution in [1.82, 2.24) is 10.2 Å². The summed E-state index contributed by atoms with van der Waals surface area (Å²) in [5.74, 6) is 0.129. The number of likely N-dealkylation sites (tertiary alicyclic amines) is 1. The summed E-state index contributed by atoms with van der Waals surface area (Å²) in [7, 11) is 0. The highest BCUT2D eigenvalue weighted by Crippen LogP contribution is 2.29. The zero-order valence-electron chi connectivity index (χ0n) is 27.8. The van der Waals surface area contributed by atoms with Gasteiger partial charge in [-0.25, -0.2) is 0 Å².